The van der Waals surface area contributed by atoms with E-state index in [1.807, 2.05) is 24.3 Å². The summed E-state index contributed by atoms with van der Waals surface area (Å²) in [6.07, 6.45) is 0. The van der Waals surface area contributed by atoms with Gasteiger partial charge in [0.15, 0.2) is 0 Å². The Morgan fingerprint density at radius 3 is 1.16 bits per heavy atom. The third-order valence-corrected chi connectivity index (χ3v) is 10.8. The van der Waals surface area contributed by atoms with E-state index in [0.717, 1.165) is 33.0 Å². The lowest BCUT2D eigenvalue weighted by Crippen LogP contribution is -2.02. The van der Waals surface area contributed by atoms with Crippen LogP contribution in [-0.4, -0.2) is 0 Å². The largest absolute Gasteiger partial charge is 0.456 e. The van der Waals surface area contributed by atoms with Crippen molar-refractivity contribution in [3.05, 3.63) is 180 Å². The molecule has 0 saturated heterocycles. The van der Waals surface area contributed by atoms with E-state index in [9.17, 15) is 4.79 Å². The third kappa shape index (κ3) is 4.14. The Hall–Kier alpha value is -6.77. The van der Waals surface area contributed by atoms with Gasteiger partial charge in [-0.05, 0) is 123 Å². The molecule has 0 saturated carbocycles. The summed E-state index contributed by atoms with van der Waals surface area (Å²) in [6.45, 7) is 0. The van der Waals surface area contributed by atoms with Crippen LogP contribution in [0.3, 0.4) is 0 Å². The van der Waals surface area contributed by atoms with Gasteiger partial charge in [0.25, 0.3) is 0 Å². The maximum absolute atomic E-state index is 14.5. The standard InChI is InChI=1S/C49H28O2/c50-49-45-25-31(41-27-43-33-11-3-1-9-29(33)17-21-39(43)35-13-5-7-15-37(35)41)19-23-47(45)51-48-24-20-32(26-46(48)49)42-28-44-34-12-4-2-10-30(34)18-22-40(44)36-14-6-8-16-38(36)42/h1-28H. The van der Waals surface area contributed by atoms with E-state index in [4.69, 9.17) is 4.42 Å². The highest BCUT2D eigenvalue weighted by atomic mass is 16.3. The van der Waals surface area contributed by atoms with Gasteiger partial charge in [-0.3, -0.25) is 4.79 Å². The predicted octanol–water partition coefficient (Wildman–Crippen LogP) is 13.2. The van der Waals surface area contributed by atoms with Crippen molar-refractivity contribution in [3.63, 3.8) is 0 Å². The Bertz CT molecular complexity index is 3110. The van der Waals surface area contributed by atoms with Crippen LogP contribution >= 0.6 is 0 Å². The van der Waals surface area contributed by atoms with Crippen LogP contribution in [0.25, 0.3) is 109 Å². The van der Waals surface area contributed by atoms with Crippen molar-refractivity contribution < 1.29 is 4.42 Å². The zero-order valence-electron chi connectivity index (χ0n) is 27.5. The van der Waals surface area contributed by atoms with E-state index in [2.05, 4.69) is 146 Å². The summed E-state index contributed by atoms with van der Waals surface area (Å²) in [6, 6.07) is 59.7. The highest BCUT2D eigenvalue weighted by Crippen LogP contribution is 2.41. The molecule has 11 aromatic rings. The Morgan fingerprint density at radius 2 is 0.686 bits per heavy atom. The lowest BCUT2D eigenvalue weighted by molar-refractivity contribution is 0.660. The molecule has 0 unspecified atom stereocenters. The monoisotopic (exact) mass is 648 g/mol. The van der Waals surface area contributed by atoms with Crippen LogP contribution in [0.1, 0.15) is 0 Å². The lowest BCUT2D eigenvalue weighted by Gasteiger charge is -2.14. The topological polar surface area (TPSA) is 30.2 Å². The molecule has 10 aromatic carbocycles. The predicted molar refractivity (Wildman–Crippen MR) is 216 cm³/mol. The first-order chi connectivity index (χ1) is 25.2. The molecule has 0 radical (unpaired) electrons. The van der Waals surface area contributed by atoms with Gasteiger partial charge in [-0.1, -0.05) is 133 Å². The second kappa shape index (κ2) is 10.6. The molecule has 1 aromatic heterocycles. The fourth-order valence-electron chi connectivity index (χ4n) is 8.39. The van der Waals surface area contributed by atoms with Crippen molar-refractivity contribution in [1.82, 2.24) is 0 Å². The second-order valence-corrected chi connectivity index (χ2v) is 13.6. The summed E-state index contributed by atoms with van der Waals surface area (Å²) < 4.78 is 6.44. The minimum atomic E-state index is -0.0268. The third-order valence-electron chi connectivity index (χ3n) is 10.8. The van der Waals surface area contributed by atoms with Gasteiger partial charge in [0.2, 0.25) is 5.43 Å². The van der Waals surface area contributed by atoms with Gasteiger partial charge >= 0.3 is 0 Å². The summed E-state index contributed by atoms with van der Waals surface area (Å²) in [5.41, 5.74) is 5.32. The molecule has 0 aliphatic rings. The zero-order chi connectivity index (χ0) is 33.6. The SMILES string of the molecule is O=c1c2cc(-c3cc4c5ccccc5ccc4c4ccccc34)ccc2oc2ccc(-c3cc4c5ccccc5ccc4c4ccccc34)cc12. The molecule has 2 heteroatoms. The molecular weight excluding hydrogens is 621 g/mol. The van der Waals surface area contributed by atoms with Gasteiger partial charge in [-0.2, -0.15) is 0 Å². The molecule has 0 aliphatic heterocycles. The Labute approximate surface area is 292 Å². The van der Waals surface area contributed by atoms with E-state index < -0.39 is 0 Å². The fourth-order valence-corrected chi connectivity index (χ4v) is 8.39. The molecule has 0 bridgehead atoms. The van der Waals surface area contributed by atoms with Crippen molar-refractivity contribution in [2.24, 2.45) is 0 Å². The Balaban J connectivity index is 1.15. The van der Waals surface area contributed by atoms with Crippen molar-refractivity contribution in [2.45, 2.75) is 0 Å². The van der Waals surface area contributed by atoms with Gasteiger partial charge in [-0.25, -0.2) is 0 Å². The number of rotatable bonds is 2. The zero-order valence-corrected chi connectivity index (χ0v) is 27.5. The van der Waals surface area contributed by atoms with Crippen LogP contribution in [0.5, 0.6) is 0 Å². The number of hydrogen-bond acceptors (Lipinski definition) is 2. The maximum Gasteiger partial charge on any atom is 0.200 e. The Morgan fingerprint density at radius 1 is 0.294 bits per heavy atom. The van der Waals surface area contributed by atoms with Crippen LogP contribution in [-0.2, 0) is 0 Å². The van der Waals surface area contributed by atoms with Crippen LogP contribution in [0.4, 0.5) is 0 Å². The highest BCUT2D eigenvalue weighted by molar-refractivity contribution is 6.22. The average Bonchev–Trinajstić information content (AvgIpc) is 3.20. The molecule has 0 atom stereocenters. The minimum absolute atomic E-state index is 0.0268. The maximum atomic E-state index is 14.5. The van der Waals surface area contributed by atoms with Gasteiger partial charge in [0, 0.05) is 0 Å². The molecule has 0 amide bonds. The molecule has 51 heavy (non-hydrogen) atoms. The highest BCUT2D eigenvalue weighted by Gasteiger charge is 2.16. The first-order valence-corrected chi connectivity index (χ1v) is 17.4. The van der Waals surface area contributed by atoms with Gasteiger partial charge in [0.1, 0.15) is 11.2 Å². The quantitative estimate of drug-likeness (QED) is 0.138. The summed E-state index contributed by atoms with van der Waals surface area (Å²) in [7, 11) is 0. The van der Waals surface area contributed by atoms with E-state index in [1.165, 1.54) is 53.9 Å². The number of benzene rings is 10. The van der Waals surface area contributed by atoms with Crippen molar-refractivity contribution in [3.8, 4) is 22.3 Å². The summed E-state index contributed by atoms with van der Waals surface area (Å²) >= 11 is 0. The van der Waals surface area contributed by atoms with E-state index in [-0.39, 0.29) is 5.43 Å². The van der Waals surface area contributed by atoms with Crippen LogP contribution < -0.4 is 5.43 Å². The average molecular weight is 649 g/mol. The fraction of sp³-hybridized carbons (Fsp3) is 0. The summed E-state index contributed by atoms with van der Waals surface area (Å²) in [5, 5.41) is 15.6. The van der Waals surface area contributed by atoms with Crippen LogP contribution in [0.2, 0.25) is 0 Å². The Kier molecular flexibility index (Phi) is 5.85. The summed E-state index contributed by atoms with van der Waals surface area (Å²) in [5.74, 6) is 0. The van der Waals surface area contributed by atoms with Gasteiger partial charge < -0.3 is 4.42 Å². The smallest absolute Gasteiger partial charge is 0.200 e. The van der Waals surface area contributed by atoms with E-state index in [1.54, 1.807) is 0 Å². The first kappa shape index (κ1) is 28.1. The molecule has 11 rings (SSSR count). The van der Waals surface area contributed by atoms with Gasteiger partial charge in [-0.15, -0.1) is 0 Å². The first-order valence-electron chi connectivity index (χ1n) is 17.4. The van der Waals surface area contributed by atoms with Gasteiger partial charge in [0.05, 0.1) is 10.8 Å². The van der Waals surface area contributed by atoms with Crippen molar-refractivity contribution >= 4 is 86.6 Å². The molecule has 0 spiro atoms. The lowest BCUT2D eigenvalue weighted by atomic mass is 9.90. The summed E-state index contributed by atoms with van der Waals surface area (Å²) in [4.78, 5) is 14.5. The number of hydrogen-bond donors (Lipinski definition) is 0. The number of fused-ring (bicyclic) bond motifs is 12. The normalized spacial score (nSPS) is 12.0. The molecule has 0 N–H and O–H groups in total. The molecule has 1 heterocycles. The van der Waals surface area contributed by atoms with E-state index in [0.29, 0.717) is 21.9 Å². The molecule has 0 aliphatic carbocycles. The van der Waals surface area contributed by atoms with Crippen molar-refractivity contribution in [1.29, 1.82) is 0 Å². The molecule has 2 nitrogen and oxygen atoms in total. The molecule has 236 valence electrons. The van der Waals surface area contributed by atoms with Crippen molar-refractivity contribution in [2.75, 3.05) is 0 Å². The molecular formula is C49H28O2. The molecule has 0 fully saturated rings. The van der Waals surface area contributed by atoms with Crippen LogP contribution in [0, 0.1) is 0 Å². The van der Waals surface area contributed by atoms with Crippen LogP contribution in [0.15, 0.2) is 179 Å². The van der Waals surface area contributed by atoms with E-state index >= 15 is 0 Å². The minimum Gasteiger partial charge on any atom is -0.456 e. The second-order valence-electron chi connectivity index (χ2n) is 13.6.